The summed E-state index contributed by atoms with van der Waals surface area (Å²) >= 11 is 0. The number of hydrogen-bond donors (Lipinski definition) is 0. The predicted molar refractivity (Wildman–Crippen MR) is 54.4 cm³/mol. The van der Waals surface area contributed by atoms with E-state index in [1.54, 1.807) is 6.08 Å². The van der Waals surface area contributed by atoms with Gasteiger partial charge in [0.2, 0.25) is 5.91 Å². The number of unbranched alkanes of at least 4 members (excludes halogenated alkanes) is 2. The summed E-state index contributed by atoms with van der Waals surface area (Å²) in [7, 11) is 0. The smallest absolute Gasteiger partial charge is 0.246 e. The maximum absolute atomic E-state index is 11.5. The third-order valence-electron chi connectivity index (χ3n) is 2.34. The van der Waals surface area contributed by atoms with E-state index < -0.39 is 0 Å². The van der Waals surface area contributed by atoms with Crippen LogP contribution in [0.5, 0.6) is 0 Å². The average Bonchev–Trinajstić information content (AvgIpc) is 2.70. The zero-order valence-corrected chi connectivity index (χ0v) is 8.41. The molecule has 0 bridgehead atoms. The van der Waals surface area contributed by atoms with Gasteiger partial charge < -0.3 is 4.90 Å². The summed E-state index contributed by atoms with van der Waals surface area (Å²) in [6.45, 7) is 1.81. The predicted octanol–water partition coefficient (Wildman–Crippen LogP) is 1.86. The molecule has 0 aromatic rings. The normalized spacial score (nSPS) is 16.1. The zero-order valence-electron chi connectivity index (χ0n) is 8.41. The van der Waals surface area contributed by atoms with Crippen LogP contribution in [0.1, 0.15) is 32.1 Å². The molecule has 76 valence electrons. The Hall–Kier alpha value is -1.30. The molecule has 1 fully saturated rings. The highest BCUT2D eigenvalue weighted by molar-refractivity contribution is 5.87. The lowest BCUT2D eigenvalue weighted by molar-refractivity contribution is -0.125. The van der Waals surface area contributed by atoms with Gasteiger partial charge in [-0.15, -0.1) is 0 Å². The van der Waals surface area contributed by atoms with E-state index in [2.05, 4.69) is 6.07 Å². The summed E-state index contributed by atoms with van der Waals surface area (Å²) in [5.41, 5.74) is 0. The van der Waals surface area contributed by atoms with Crippen molar-refractivity contribution in [1.29, 1.82) is 5.26 Å². The van der Waals surface area contributed by atoms with E-state index in [0.717, 1.165) is 38.8 Å². The van der Waals surface area contributed by atoms with E-state index in [1.165, 1.54) is 0 Å². The van der Waals surface area contributed by atoms with E-state index in [4.69, 9.17) is 5.26 Å². The van der Waals surface area contributed by atoms with E-state index in [1.807, 2.05) is 11.0 Å². The van der Waals surface area contributed by atoms with Crippen molar-refractivity contribution in [2.45, 2.75) is 32.1 Å². The maximum atomic E-state index is 11.5. The third kappa shape index (κ3) is 3.61. The Morgan fingerprint density at radius 3 is 2.79 bits per heavy atom. The minimum absolute atomic E-state index is 0.124. The van der Waals surface area contributed by atoms with Crippen molar-refractivity contribution in [2.75, 3.05) is 13.1 Å². The van der Waals surface area contributed by atoms with Crippen LogP contribution in [0.3, 0.4) is 0 Å². The van der Waals surface area contributed by atoms with Crippen LogP contribution < -0.4 is 0 Å². The van der Waals surface area contributed by atoms with Crippen molar-refractivity contribution in [3.05, 3.63) is 12.2 Å². The summed E-state index contributed by atoms with van der Waals surface area (Å²) in [6, 6.07) is 2.08. The Morgan fingerprint density at radius 2 is 2.14 bits per heavy atom. The summed E-state index contributed by atoms with van der Waals surface area (Å²) in [6.07, 6.45) is 8.03. The number of nitriles is 1. The molecule has 1 rings (SSSR count). The number of amides is 1. The molecule has 0 atom stereocenters. The van der Waals surface area contributed by atoms with Gasteiger partial charge in [0.1, 0.15) is 0 Å². The lowest BCUT2D eigenvalue weighted by Gasteiger charge is -2.11. The van der Waals surface area contributed by atoms with Gasteiger partial charge in [-0.2, -0.15) is 5.26 Å². The average molecular weight is 192 g/mol. The first-order valence-corrected chi connectivity index (χ1v) is 5.17. The number of allylic oxidation sites excluding steroid dienone is 1. The molecule has 0 aromatic heterocycles. The Bertz CT molecular complexity index is 247. The molecule has 0 spiro atoms. The summed E-state index contributed by atoms with van der Waals surface area (Å²) in [4.78, 5) is 13.3. The maximum Gasteiger partial charge on any atom is 0.246 e. The second-order valence-corrected chi connectivity index (χ2v) is 3.49. The molecule has 0 saturated carbocycles. The fraction of sp³-hybridized carbons (Fsp3) is 0.636. The molecule has 3 nitrogen and oxygen atoms in total. The fourth-order valence-electron chi connectivity index (χ4n) is 1.53. The molecule has 14 heavy (non-hydrogen) atoms. The number of carbonyl (C=O) groups excluding carboxylic acids is 1. The van der Waals surface area contributed by atoms with Crippen LogP contribution in [0.4, 0.5) is 0 Å². The van der Waals surface area contributed by atoms with E-state index in [-0.39, 0.29) is 5.91 Å². The number of rotatable bonds is 4. The van der Waals surface area contributed by atoms with E-state index in [9.17, 15) is 4.79 Å². The molecule has 1 aliphatic heterocycles. The molecule has 0 N–H and O–H groups in total. The highest BCUT2D eigenvalue weighted by atomic mass is 16.2. The van der Waals surface area contributed by atoms with Crippen LogP contribution in [0.15, 0.2) is 12.2 Å². The van der Waals surface area contributed by atoms with Crippen LogP contribution >= 0.6 is 0 Å². The topological polar surface area (TPSA) is 44.1 Å². The summed E-state index contributed by atoms with van der Waals surface area (Å²) in [5, 5.41) is 8.30. The van der Waals surface area contributed by atoms with Gasteiger partial charge in [-0.05, 0) is 31.8 Å². The summed E-state index contributed by atoms with van der Waals surface area (Å²) in [5.74, 6) is 0.124. The van der Waals surface area contributed by atoms with Gasteiger partial charge in [0.25, 0.3) is 0 Å². The van der Waals surface area contributed by atoms with Gasteiger partial charge in [0.15, 0.2) is 0 Å². The Labute approximate surface area is 85.0 Å². The Balaban J connectivity index is 2.16. The standard InChI is InChI=1S/C11H16N2O/c12-8-4-2-1-3-7-11(14)13-9-5-6-10-13/h3,7H,1-2,4-6,9-10H2/b7-3+. The Morgan fingerprint density at radius 1 is 1.43 bits per heavy atom. The molecule has 1 amide bonds. The lowest BCUT2D eigenvalue weighted by atomic mass is 10.2. The summed E-state index contributed by atoms with van der Waals surface area (Å²) < 4.78 is 0. The lowest BCUT2D eigenvalue weighted by Crippen LogP contribution is -2.25. The van der Waals surface area contributed by atoms with Crippen molar-refractivity contribution in [3.8, 4) is 6.07 Å². The largest absolute Gasteiger partial charge is 0.339 e. The van der Waals surface area contributed by atoms with Crippen molar-refractivity contribution in [1.82, 2.24) is 4.90 Å². The van der Waals surface area contributed by atoms with Crippen molar-refractivity contribution >= 4 is 5.91 Å². The molecule has 0 aromatic carbocycles. The quantitative estimate of drug-likeness (QED) is 0.504. The van der Waals surface area contributed by atoms with Gasteiger partial charge in [0, 0.05) is 19.5 Å². The van der Waals surface area contributed by atoms with Gasteiger partial charge in [-0.3, -0.25) is 4.79 Å². The van der Waals surface area contributed by atoms with Crippen LogP contribution in [0.25, 0.3) is 0 Å². The van der Waals surface area contributed by atoms with Crippen molar-refractivity contribution < 1.29 is 4.79 Å². The monoisotopic (exact) mass is 192 g/mol. The highest BCUT2D eigenvalue weighted by Crippen LogP contribution is 2.08. The molecular formula is C11H16N2O. The first kappa shape index (κ1) is 10.8. The second-order valence-electron chi connectivity index (χ2n) is 3.49. The highest BCUT2D eigenvalue weighted by Gasteiger charge is 2.14. The molecule has 1 saturated heterocycles. The minimum atomic E-state index is 0.124. The molecular weight excluding hydrogens is 176 g/mol. The number of nitrogens with zero attached hydrogens (tertiary/aromatic N) is 2. The molecule has 1 heterocycles. The third-order valence-corrected chi connectivity index (χ3v) is 2.34. The van der Waals surface area contributed by atoms with Gasteiger partial charge in [-0.25, -0.2) is 0 Å². The van der Waals surface area contributed by atoms with Crippen LogP contribution in [-0.2, 0) is 4.79 Å². The molecule has 1 aliphatic rings. The van der Waals surface area contributed by atoms with Crippen LogP contribution in [0.2, 0.25) is 0 Å². The molecule has 0 unspecified atom stereocenters. The van der Waals surface area contributed by atoms with E-state index in [0.29, 0.717) is 6.42 Å². The second kappa shape index (κ2) is 6.20. The van der Waals surface area contributed by atoms with Gasteiger partial charge >= 0.3 is 0 Å². The number of hydrogen-bond acceptors (Lipinski definition) is 2. The number of likely N-dealkylation sites (tertiary alicyclic amines) is 1. The molecule has 3 heteroatoms. The first-order valence-electron chi connectivity index (χ1n) is 5.17. The van der Waals surface area contributed by atoms with Crippen molar-refractivity contribution in [2.24, 2.45) is 0 Å². The van der Waals surface area contributed by atoms with Crippen LogP contribution in [0, 0.1) is 11.3 Å². The number of carbonyl (C=O) groups is 1. The first-order chi connectivity index (χ1) is 6.84. The molecule has 0 radical (unpaired) electrons. The van der Waals surface area contributed by atoms with Gasteiger partial charge in [-0.1, -0.05) is 6.08 Å². The van der Waals surface area contributed by atoms with Crippen LogP contribution in [-0.4, -0.2) is 23.9 Å². The SMILES string of the molecule is N#CCCC/C=C/C(=O)N1CCCC1. The van der Waals surface area contributed by atoms with Gasteiger partial charge in [0.05, 0.1) is 6.07 Å². The van der Waals surface area contributed by atoms with E-state index >= 15 is 0 Å². The fourth-order valence-corrected chi connectivity index (χ4v) is 1.53. The zero-order chi connectivity index (χ0) is 10.2. The molecule has 0 aliphatic carbocycles. The van der Waals surface area contributed by atoms with Crippen molar-refractivity contribution in [3.63, 3.8) is 0 Å². The Kier molecular flexibility index (Phi) is 4.77. The minimum Gasteiger partial charge on any atom is -0.339 e.